The first-order chi connectivity index (χ1) is 13.9. The van der Waals surface area contributed by atoms with Crippen molar-refractivity contribution < 1.29 is 13.2 Å². The average Bonchev–Trinajstić information content (AvgIpc) is 2.74. The summed E-state index contributed by atoms with van der Waals surface area (Å²) in [4.78, 5) is 12.8. The number of halogens is 1. The van der Waals surface area contributed by atoms with E-state index in [9.17, 15) is 13.2 Å². The van der Waals surface area contributed by atoms with Gasteiger partial charge in [0.2, 0.25) is 10.0 Å². The number of hydrogen-bond acceptors (Lipinski definition) is 3. The number of rotatable bonds is 4. The van der Waals surface area contributed by atoms with Crippen molar-refractivity contribution in [2.75, 3.05) is 11.9 Å². The third-order valence-electron chi connectivity index (χ3n) is 4.91. The number of sulfonamides is 1. The van der Waals surface area contributed by atoms with Crippen molar-refractivity contribution in [1.82, 2.24) is 4.31 Å². The van der Waals surface area contributed by atoms with Gasteiger partial charge in [-0.1, -0.05) is 46.3 Å². The molecule has 0 unspecified atom stereocenters. The van der Waals surface area contributed by atoms with Gasteiger partial charge in [-0.25, -0.2) is 8.42 Å². The van der Waals surface area contributed by atoms with Crippen molar-refractivity contribution in [3.8, 4) is 0 Å². The second-order valence-corrected chi connectivity index (χ2v) is 9.70. The van der Waals surface area contributed by atoms with E-state index < -0.39 is 10.0 Å². The molecule has 29 heavy (non-hydrogen) atoms. The van der Waals surface area contributed by atoms with Gasteiger partial charge in [0.1, 0.15) is 0 Å². The van der Waals surface area contributed by atoms with E-state index in [0.29, 0.717) is 29.1 Å². The van der Waals surface area contributed by atoms with Gasteiger partial charge in [-0.2, -0.15) is 4.31 Å². The van der Waals surface area contributed by atoms with E-state index >= 15 is 0 Å². The topological polar surface area (TPSA) is 66.5 Å². The van der Waals surface area contributed by atoms with Gasteiger partial charge < -0.3 is 5.32 Å². The summed E-state index contributed by atoms with van der Waals surface area (Å²) >= 11 is 3.37. The van der Waals surface area contributed by atoms with Gasteiger partial charge in [0.05, 0.1) is 4.90 Å². The van der Waals surface area contributed by atoms with Crippen LogP contribution in [0.4, 0.5) is 5.69 Å². The van der Waals surface area contributed by atoms with Crippen LogP contribution in [0.1, 0.15) is 21.5 Å². The summed E-state index contributed by atoms with van der Waals surface area (Å²) in [6.45, 7) is 0.723. The van der Waals surface area contributed by atoms with Gasteiger partial charge in [0, 0.05) is 28.8 Å². The van der Waals surface area contributed by atoms with Crippen LogP contribution < -0.4 is 5.32 Å². The van der Waals surface area contributed by atoms with Crippen LogP contribution in [0.25, 0.3) is 0 Å². The molecule has 1 N–H and O–H groups in total. The minimum atomic E-state index is -3.55. The number of hydrogen-bond donors (Lipinski definition) is 1. The van der Waals surface area contributed by atoms with E-state index in [0.717, 1.165) is 15.6 Å². The molecule has 1 aliphatic heterocycles. The summed E-state index contributed by atoms with van der Waals surface area (Å²) in [5.41, 5.74) is 3.20. The first-order valence-electron chi connectivity index (χ1n) is 9.17. The number of nitrogens with one attached hydrogen (secondary N) is 1. The summed E-state index contributed by atoms with van der Waals surface area (Å²) in [6, 6.07) is 21.3. The van der Waals surface area contributed by atoms with Crippen molar-refractivity contribution in [2.45, 2.75) is 17.9 Å². The lowest BCUT2D eigenvalue weighted by atomic mass is 10.0. The van der Waals surface area contributed by atoms with Crippen LogP contribution in [0, 0.1) is 0 Å². The first-order valence-corrected chi connectivity index (χ1v) is 11.4. The molecule has 0 aromatic heterocycles. The summed E-state index contributed by atoms with van der Waals surface area (Å²) in [5.74, 6) is -0.212. The van der Waals surface area contributed by atoms with Gasteiger partial charge in [-0.3, -0.25) is 4.79 Å². The van der Waals surface area contributed by atoms with Crippen molar-refractivity contribution >= 4 is 37.5 Å². The summed E-state index contributed by atoms with van der Waals surface area (Å²) in [5, 5.41) is 2.89. The lowest BCUT2D eigenvalue weighted by Gasteiger charge is -2.28. The van der Waals surface area contributed by atoms with E-state index in [2.05, 4.69) is 21.2 Å². The Labute approximate surface area is 178 Å². The number of anilines is 1. The molecular formula is C22H19BrN2O3S. The quantitative estimate of drug-likeness (QED) is 0.612. The number of benzene rings is 3. The van der Waals surface area contributed by atoms with Gasteiger partial charge >= 0.3 is 0 Å². The van der Waals surface area contributed by atoms with Crippen LogP contribution in [0.3, 0.4) is 0 Å². The van der Waals surface area contributed by atoms with Crippen molar-refractivity contribution in [3.63, 3.8) is 0 Å². The predicted octanol–water partition coefficient (Wildman–Crippen LogP) is 4.45. The third-order valence-corrected chi connectivity index (χ3v) is 7.26. The SMILES string of the molecule is O=C(Nc1ccc2c(c1)CN(S(=O)(=O)c1ccccc1)CC2)c1cccc(Br)c1. The van der Waals surface area contributed by atoms with Gasteiger partial charge in [-0.05, 0) is 60.0 Å². The lowest BCUT2D eigenvalue weighted by molar-refractivity contribution is 0.102. The molecule has 7 heteroatoms. The largest absolute Gasteiger partial charge is 0.322 e. The standard InChI is InChI=1S/C22H19BrN2O3S/c23-19-6-4-5-17(13-19)22(26)24-20-10-9-16-11-12-25(15-18(16)14-20)29(27,28)21-7-2-1-3-8-21/h1-10,13-14H,11-12,15H2,(H,24,26). The molecule has 1 heterocycles. The number of nitrogens with zero attached hydrogens (tertiary/aromatic N) is 1. The predicted molar refractivity (Wildman–Crippen MR) is 116 cm³/mol. The lowest BCUT2D eigenvalue weighted by Crippen LogP contribution is -2.36. The smallest absolute Gasteiger partial charge is 0.255 e. The molecule has 0 bridgehead atoms. The van der Waals surface area contributed by atoms with Gasteiger partial charge in [0.15, 0.2) is 0 Å². The molecule has 0 aliphatic carbocycles. The van der Waals surface area contributed by atoms with Crippen molar-refractivity contribution in [2.24, 2.45) is 0 Å². The molecule has 0 atom stereocenters. The van der Waals surface area contributed by atoms with E-state index in [1.54, 1.807) is 48.5 Å². The second kappa shape index (κ2) is 8.10. The Morgan fingerprint density at radius 3 is 2.48 bits per heavy atom. The molecule has 0 saturated carbocycles. The zero-order valence-corrected chi connectivity index (χ0v) is 17.9. The van der Waals surface area contributed by atoms with Crippen LogP contribution >= 0.6 is 15.9 Å². The van der Waals surface area contributed by atoms with E-state index in [1.165, 1.54) is 4.31 Å². The summed E-state index contributed by atoms with van der Waals surface area (Å²) in [7, 11) is -3.55. The normalized spacial score (nSPS) is 14.2. The summed E-state index contributed by atoms with van der Waals surface area (Å²) < 4.78 is 28.2. The van der Waals surface area contributed by atoms with Crippen LogP contribution in [0.15, 0.2) is 82.2 Å². The number of carbonyl (C=O) groups excluding carboxylic acids is 1. The average molecular weight is 471 g/mol. The highest BCUT2D eigenvalue weighted by Crippen LogP contribution is 2.27. The maximum absolute atomic E-state index is 12.9. The molecule has 0 spiro atoms. The van der Waals surface area contributed by atoms with Crippen LogP contribution in [-0.2, 0) is 23.0 Å². The minimum Gasteiger partial charge on any atom is -0.322 e. The molecule has 148 valence electrons. The molecule has 3 aromatic rings. The van der Waals surface area contributed by atoms with Crippen LogP contribution in [0.5, 0.6) is 0 Å². The van der Waals surface area contributed by atoms with Crippen LogP contribution in [0.2, 0.25) is 0 Å². The third kappa shape index (κ3) is 4.27. The number of amides is 1. The zero-order chi connectivity index (χ0) is 20.4. The van der Waals surface area contributed by atoms with E-state index in [4.69, 9.17) is 0 Å². The molecule has 1 amide bonds. The van der Waals surface area contributed by atoms with Crippen molar-refractivity contribution in [1.29, 1.82) is 0 Å². The second-order valence-electron chi connectivity index (χ2n) is 6.85. The van der Waals surface area contributed by atoms with E-state index in [-0.39, 0.29) is 12.5 Å². The Kier molecular flexibility index (Phi) is 5.54. The molecule has 0 fully saturated rings. The molecule has 1 aliphatic rings. The molecular weight excluding hydrogens is 452 g/mol. The molecule has 4 rings (SSSR count). The zero-order valence-electron chi connectivity index (χ0n) is 15.5. The van der Waals surface area contributed by atoms with E-state index in [1.807, 2.05) is 24.3 Å². The molecule has 3 aromatic carbocycles. The fraction of sp³-hybridized carbons (Fsp3) is 0.136. The Morgan fingerprint density at radius 1 is 0.931 bits per heavy atom. The van der Waals surface area contributed by atoms with Crippen molar-refractivity contribution in [3.05, 3.63) is 94.0 Å². The van der Waals surface area contributed by atoms with Gasteiger partial charge in [0.25, 0.3) is 5.91 Å². The first kappa shape index (κ1) is 19.8. The highest BCUT2D eigenvalue weighted by molar-refractivity contribution is 9.10. The molecule has 5 nitrogen and oxygen atoms in total. The fourth-order valence-electron chi connectivity index (χ4n) is 3.39. The highest BCUT2D eigenvalue weighted by Gasteiger charge is 2.28. The fourth-order valence-corrected chi connectivity index (χ4v) is 5.23. The molecule has 0 saturated heterocycles. The Morgan fingerprint density at radius 2 is 1.72 bits per heavy atom. The number of carbonyl (C=O) groups is 1. The number of fused-ring (bicyclic) bond motifs is 1. The Balaban J connectivity index is 1.55. The summed E-state index contributed by atoms with van der Waals surface area (Å²) in [6.07, 6.45) is 0.640. The van der Waals surface area contributed by atoms with Crippen LogP contribution in [-0.4, -0.2) is 25.2 Å². The van der Waals surface area contributed by atoms with Gasteiger partial charge in [-0.15, -0.1) is 0 Å². The molecule has 0 radical (unpaired) electrons. The minimum absolute atomic E-state index is 0.212. The monoisotopic (exact) mass is 470 g/mol. The highest BCUT2D eigenvalue weighted by atomic mass is 79.9. The Hall–Kier alpha value is -2.48. The Bertz CT molecular complexity index is 1160. The maximum Gasteiger partial charge on any atom is 0.255 e. The maximum atomic E-state index is 12.9.